The summed E-state index contributed by atoms with van der Waals surface area (Å²) in [6.45, 7) is 2.14. The van der Waals surface area contributed by atoms with Gasteiger partial charge in [0.05, 0.1) is 6.26 Å². The Balaban J connectivity index is 0.00000147. The van der Waals surface area contributed by atoms with E-state index in [4.69, 9.17) is 4.42 Å². The van der Waals surface area contributed by atoms with E-state index in [9.17, 15) is 4.79 Å². The van der Waals surface area contributed by atoms with Crippen LogP contribution in [-0.2, 0) is 7.05 Å². The average Bonchev–Trinajstić information content (AvgIpc) is 3.09. The number of rotatable bonds is 2. The van der Waals surface area contributed by atoms with Gasteiger partial charge in [0.2, 0.25) is 0 Å². The van der Waals surface area contributed by atoms with E-state index < -0.39 is 0 Å². The quantitative estimate of drug-likeness (QED) is 0.905. The second-order valence-electron chi connectivity index (χ2n) is 4.59. The number of hydrogen-bond acceptors (Lipinski definition) is 4. The van der Waals surface area contributed by atoms with Crippen molar-refractivity contribution in [1.29, 1.82) is 0 Å². The molecule has 0 aromatic carbocycles. The number of imidazole rings is 1. The van der Waals surface area contributed by atoms with Crippen molar-refractivity contribution in [3.05, 3.63) is 42.4 Å². The second-order valence-corrected chi connectivity index (χ2v) is 4.59. The number of carbonyl (C=O) groups excluding carboxylic acids is 1. The molecule has 0 radical (unpaired) electrons. The lowest BCUT2D eigenvalue weighted by atomic mass is 10.1. The van der Waals surface area contributed by atoms with Crippen LogP contribution < -0.4 is 5.32 Å². The van der Waals surface area contributed by atoms with Gasteiger partial charge in [-0.25, -0.2) is 4.98 Å². The number of furan rings is 1. The van der Waals surface area contributed by atoms with E-state index in [0.717, 1.165) is 12.4 Å². The van der Waals surface area contributed by atoms with Crippen LogP contribution in [0.25, 0.3) is 0 Å². The molecule has 6 nitrogen and oxygen atoms in total. The summed E-state index contributed by atoms with van der Waals surface area (Å²) in [4.78, 5) is 18.6. The SMILES string of the molecule is Cl.Cn1ccnc1C1CNCCN1C(=O)c1ccco1. The van der Waals surface area contributed by atoms with Gasteiger partial charge in [-0.1, -0.05) is 0 Å². The summed E-state index contributed by atoms with van der Waals surface area (Å²) in [5.41, 5.74) is 0. The monoisotopic (exact) mass is 296 g/mol. The van der Waals surface area contributed by atoms with Crippen molar-refractivity contribution in [3.63, 3.8) is 0 Å². The molecule has 1 aliphatic heterocycles. The third-order valence-electron chi connectivity index (χ3n) is 3.39. The smallest absolute Gasteiger partial charge is 0.290 e. The zero-order valence-corrected chi connectivity index (χ0v) is 12.0. The molecule has 108 valence electrons. The van der Waals surface area contributed by atoms with Crippen LogP contribution in [0.4, 0.5) is 0 Å². The highest BCUT2D eigenvalue weighted by Gasteiger charge is 2.31. The number of nitrogens with zero attached hydrogens (tertiary/aromatic N) is 3. The normalized spacial score (nSPS) is 18.6. The first kappa shape index (κ1) is 14.6. The molecule has 1 amide bonds. The molecule has 1 fully saturated rings. The summed E-state index contributed by atoms with van der Waals surface area (Å²) >= 11 is 0. The molecule has 1 N–H and O–H groups in total. The van der Waals surface area contributed by atoms with Crippen LogP contribution in [0, 0.1) is 0 Å². The Labute approximate surface area is 123 Å². The third kappa shape index (κ3) is 2.57. The highest BCUT2D eigenvalue weighted by molar-refractivity contribution is 5.91. The lowest BCUT2D eigenvalue weighted by Gasteiger charge is -2.35. The molecule has 1 saturated heterocycles. The zero-order valence-electron chi connectivity index (χ0n) is 11.2. The molecule has 0 bridgehead atoms. The molecule has 20 heavy (non-hydrogen) atoms. The predicted molar refractivity (Wildman–Crippen MR) is 75.8 cm³/mol. The number of piperazine rings is 1. The zero-order chi connectivity index (χ0) is 13.2. The highest BCUT2D eigenvalue weighted by atomic mass is 35.5. The number of halogens is 1. The minimum absolute atomic E-state index is 0. The van der Waals surface area contributed by atoms with Crippen LogP contribution in [0.2, 0.25) is 0 Å². The van der Waals surface area contributed by atoms with Crippen molar-refractivity contribution >= 4 is 18.3 Å². The van der Waals surface area contributed by atoms with Gasteiger partial charge in [-0.2, -0.15) is 0 Å². The molecule has 1 unspecified atom stereocenters. The molecule has 7 heteroatoms. The largest absolute Gasteiger partial charge is 0.459 e. The van der Waals surface area contributed by atoms with Gasteiger partial charge < -0.3 is 19.2 Å². The third-order valence-corrected chi connectivity index (χ3v) is 3.39. The maximum absolute atomic E-state index is 12.4. The number of amides is 1. The van der Waals surface area contributed by atoms with Crippen molar-refractivity contribution in [3.8, 4) is 0 Å². The summed E-state index contributed by atoms with van der Waals surface area (Å²) < 4.78 is 7.15. The fourth-order valence-corrected chi connectivity index (χ4v) is 2.42. The lowest BCUT2D eigenvalue weighted by Crippen LogP contribution is -2.49. The van der Waals surface area contributed by atoms with E-state index in [2.05, 4.69) is 10.3 Å². The summed E-state index contributed by atoms with van der Waals surface area (Å²) in [7, 11) is 1.94. The summed E-state index contributed by atoms with van der Waals surface area (Å²) in [5.74, 6) is 1.17. The van der Waals surface area contributed by atoms with E-state index in [-0.39, 0.29) is 24.4 Å². The number of aryl methyl sites for hydroxylation is 1. The molecule has 2 aromatic heterocycles. The average molecular weight is 297 g/mol. The maximum Gasteiger partial charge on any atom is 0.290 e. The minimum atomic E-state index is -0.0838. The first-order valence-corrected chi connectivity index (χ1v) is 6.30. The van der Waals surface area contributed by atoms with Gasteiger partial charge in [0, 0.05) is 39.1 Å². The van der Waals surface area contributed by atoms with E-state index in [1.165, 1.54) is 6.26 Å². The van der Waals surface area contributed by atoms with Crippen LogP contribution >= 0.6 is 12.4 Å². The van der Waals surface area contributed by atoms with Crippen LogP contribution in [0.3, 0.4) is 0 Å². The summed E-state index contributed by atoms with van der Waals surface area (Å²) in [6.07, 6.45) is 5.16. The fraction of sp³-hybridized carbons (Fsp3) is 0.385. The summed E-state index contributed by atoms with van der Waals surface area (Å²) in [5, 5.41) is 3.30. The topological polar surface area (TPSA) is 63.3 Å². The molecule has 0 aliphatic carbocycles. The lowest BCUT2D eigenvalue weighted by molar-refractivity contribution is 0.0588. The van der Waals surface area contributed by atoms with Crippen molar-refractivity contribution in [1.82, 2.24) is 19.8 Å². The molecule has 3 heterocycles. The fourth-order valence-electron chi connectivity index (χ4n) is 2.42. The van der Waals surface area contributed by atoms with Gasteiger partial charge in [-0.3, -0.25) is 4.79 Å². The Morgan fingerprint density at radius 3 is 3.05 bits per heavy atom. The van der Waals surface area contributed by atoms with Gasteiger partial charge in [-0.05, 0) is 12.1 Å². The number of hydrogen-bond donors (Lipinski definition) is 1. The van der Waals surface area contributed by atoms with Crippen molar-refractivity contribution in [2.75, 3.05) is 19.6 Å². The molecule has 1 atom stereocenters. The molecule has 2 aromatic rings. The van der Waals surface area contributed by atoms with E-state index in [1.54, 1.807) is 18.3 Å². The van der Waals surface area contributed by atoms with Crippen LogP contribution in [0.1, 0.15) is 22.4 Å². The van der Waals surface area contributed by atoms with E-state index in [1.807, 2.05) is 22.7 Å². The molecule has 1 aliphatic rings. The van der Waals surface area contributed by atoms with Gasteiger partial charge in [0.1, 0.15) is 11.9 Å². The Kier molecular flexibility index (Phi) is 4.46. The molecule has 0 saturated carbocycles. The minimum Gasteiger partial charge on any atom is -0.459 e. The molecule has 0 spiro atoms. The van der Waals surface area contributed by atoms with Crippen molar-refractivity contribution in [2.24, 2.45) is 7.05 Å². The maximum atomic E-state index is 12.4. The van der Waals surface area contributed by atoms with Crippen molar-refractivity contribution < 1.29 is 9.21 Å². The second kappa shape index (κ2) is 6.11. The Morgan fingerprint density at radius 2 is 2.40 bits per heavy atom. The highest BCUT2D eigenvalue weighted by Crippen LogP contribution is 2.22. The number of aromatic nitrogens is 2. The van der Waals surface area contributed by atoms with Gasteiger partial charge in [0.15, 0.2) is 5.76 Å². The first-order chi connectivity index (χ1) is 9.27. The van der Waals surface area contributed by atoms with Crippen LogP contribution in [-0.4, -0.2) is 40.0 Å². The standard InChI is InChI=1S/C13H16N4O2.ClH/c1-16-6-5-15-12(16)10-9-14-4-7-17(10)13(18)11-3-2-8-19-11;/h2-3,5-6,8,10,14H,4,7,9H2,1H3;1H. The van der Waals surface area contributed by atoms with Gasteiger partial charge in [-0.15, -0.1) is 12.4 Å². The number of carbonyl (C=O) groups is 1. The van der Waals surface area contributed by atoms with E-state index in [0.29, 0.717) is 18.8 Å². The van der Waals surface area contributed by atoms with Crippen LogP contribution in [0.15, 0.2) is 35.2 Å². The summed E-state index contributed by atoms with van der Waals surface area (Å²) in [6, 6.07) is 3.36. The Bertz CT molecular complexity index is 567. The molecular weight excluding hydrogens is 280 g/mol. The van der Waals surface area contributed by atoms with Crippen molar-refractivity contribution in [2.45, 2.75) is 6.04 Å². The Morgan fingerprint density at radius 1 is 1.55 bits per heavy atom. The molecule has 3 rings (SSSR count). The van der Waals surface area contributed by atoms with Gasteiger partial charge in [0.25, 0.3) is 5.91 Å². The van der Waals surface area contributed by atoms with Crippen LogP contribution in [0.5, 0.6) is 0 Å². The predicted octanol–water partition coefficient (Wildman–Crippen LogP) is 1.22. The first-order valence-electron chi connectivity index (χ1n) is 6.30. The number of nitrogens with one attached hydrogen (secondary N) is 1. The van der Waals surface area contributed by atoms with Gasteiger partial charge >= 0.3 is 0 Å². The molecular formula is C13H17ClN4O2. The van der Waals surface area contributed by atoms with E-state index >= 15 is 0 Å². The Hall–Kier alpha value is -1.79.